The zero-order chi connectivity index (χ0) is 29.0. The Hall–Kier alpha value is -3.62. The van der Waals surface area contributed by atoms with Gasteiger partial charge in [0.15, 0.2) is 0 Å². The maximum Gasteiger partial charge on any atom is 0.333 e. The van der Waals surface area contributed by atoms with Gasteiger partial charge in [-0.3, -0.25) is 0 Å². The number of methoxy groups -OCH3 is 2. The van der Waals surface area contributed by atoms with Gasteiger partial charge in [0.05, 0.1) is 0 Å². The first kappa shape index (κ1) is 31.6. The summed E-state index contributed by atoms with van der Waals surface area (Å²) >= 11 is 0. The van der Waals surface area contributed by atoms with Crippen LogP contribution in [-0.2, 0) is 34.0 Å². The van der Waals surface area contributed by atoms with E-state index in [2.05, 4.69) is 27.0 Å². The lowest BCUT2D eigenvalue weighted by molar-refractivity contribution is -0.144. The van der Waals surface area contributed by atoms with Crippen molar-refractivity contribution in [3.05, 3.63) is 84.0 Å². The fourth-order valence-electron chi connectivity index (χ4n) is 3.43. The highest BCUT2D eigenvalue weighted by Crippen LogP contribution is 2.33. The van der Waals surface area contributed by atoms with Gasteiger partial charge in [-0.25, -0.2) is 9.59 Å². The molecule has 0 aromatic heterocycles. The molecule has 0 radical (unpaired) electrons. The number of benzene rings is 2. The fourth-order valence-corrected chi connectivity index (χ4v) is 3.43. The molecule has 0 N–H and O–H groups in total. The quantitative estimate of drug-likeness (QED) is 0.216. The van der Waals surface area contributed by atoms with Gasteiger partial charge in [0.2, 0.25) is 0 Å². The lowest BCUT2D eigenvalue weighted by atomic mass is 9.78. The molecule has 8 nitrogen and oxygen atoms in total. The molecule has 2 atom stereocenters. The van der Waals surface area contributed by atoms with Gasteiger partial charge in [-0.2, -0.15) is 0 Å². The van der Waals surface area contributed by atoms with Gasteiger partial charge in [-0.15, -0.1) is 0 Å². The number of hydrogen-bond donors (Lipinski definition) is 0. The van der Waals surface area contributed by atoms with Crippen LogP contribution in [0, 0.1) is 0 Å². The maximum absolute atomic E-state index is 11.6. The zero-order valence-corrected chi connectivity index (χ0v) is 23.8. The second-order valence-electron chi connectivity index (χ2n) is 9.77. The number of carbonyl (C=O) groups is 2. The van der Waals surface area contributed by atoms with Crippen LogP contribution in [0.25, 0.3) is 0 Å². The van der Waals surface area contributed by atoms with Crippen LogP contribution in [-0.4, -0.2) is 64.8 Å². The molecule has 0 amide bonds. The first-order chi connectivity index (χ1) is 18.5. The summed E-state index contributed by atoms with van der Waals surface area (Å²) in [6.45, 7) is 15.3. The Kier molecular flexibility index (Phi) is 12.2. The predicted molar refractivity (Wildman–Crippen MR) is 149 cm³/mol. The molecule has 8 heteroatoms. The Balaban J connectivity index is 1.93. The molecule has 0 spiro atoms. The topological polar surface area (TPSA) is 89.5 Å². The molecule has 39 heavy (non-hydrogen) atoms. The van der Waals surface area contributed by atoms with Gasteiger partial charge in [0.1, 0.15) is 50.1 Å². The van der Waals surface area contributed by atoms with Gasteiger partial charge < -0.3 is 28.4 Å². The summed E-state index contributed by atoms with van der Waals surface area (Å²) in [4.78, 5) is 23.2. The Morgan fingerprint density at radius 3 is 1.28 bits per heavy atom. The highest BCUT2D eigenvalue weighted by Gasteiger charge is 2.23. The van der Waals surface area contributed by atoms with E-state index in [-0.39, 0.29) is 31.8 Å². The summed E-state index contributed by atoms with van der Waals surface area (Å²) in [6.07, 6.45) is -0.786. The van der Waals surface area contributed by atoms with Crippen molar-refractivity contribution in [2.45, 2.75) is 45.3 Å². The van der Waals surface area contributed by atoms with E-state index in [1.165, 1.54) is 0 Å². The van der Waals surface area contributed by atoms with E-state index in [4.69, 9.17) is 28.4 Å². The van der Waals surface area contributed by atoms with Crippen LogP contribution in [0.5, 0.6) is 11.5 Å². The summed E-state index contributed by atoms with van der Waals surface area (Å²) < 4.78 is 32.7. The average molecular weight is 541 g/mol. The molecule has 0 fully saturated rings. The van der Waals surface area contributed by atoms with Gasteiger partial charge >= 0.3 is 11.9 Å². The van der Waals surface area contributed by atoms with Crippen LogP contribution in [0.1, 0.15) is 38.8 Å². The highest BCUT2D eigenvalue weighted by atomic mass is 16.6. The molecule has 0 aliphatic heterocycles. The van der Waals surface area contributed by atoms with Crippen LogP contribution in [0.4, 0.5) is 0 Å². The SMILES string of the molecule is C=C(C)C(=O)OCC(COc1ccc(C(C)(C)c2ccc(OCC(COC(=O)C(=C)C)OC)cc2)cc1)OC. The summed E-state index contributed by atoms with van der Waals surface area (Å²) in [5.74, 6) is 0.467. The van der Waals surface area contributed by atoms with Crippen molar-refractivity contribution in [3.8, 4) is 11.5 Å². The van der Waals surface area contributed by atoms with Crippen molar-refractivity contribution in [1.29, 1.82) is 0 Å². The molecule has 0 bridgehead atoms. The van der Waals surface area contributed by atoms with Gasteiger partial charge in [0, 0.05) is 30.8 Å². The molecule has 2 rings (SSSR count). The van der Waals surface area contributed by atoms with E-state index in [0.717, 1.165) is 11.1 Å². The van der Waals surface area contributed by atoms with E-state index >= 15 is 0 Å². The predicted octanol–water partition coefficient (Wildman–Crippen LogP) is 5.04. The average Bonchev–Trinajstić information content (AvgIpc) is 2.93. The maximum atomic E-state index is 11.6. The summed E-state index contributed by atoms with van der Waals surface area (Å²) in [6, 6.07) is 15.7. The van der Waals surface area contributed by atoms with Crippen LogP contribution in [0.2, 0.25) is 0 Å². The fraction of sp³-hybridized carbons (Fsp3) is 0.419. The monoisotopic (exact) mass is 540 g/mol. The van der Waals surface area contributed by atoms with Gasteiger partial charge in [-0.05, 0) is 49.2 Å². The molecule has 2 unspecified atom stereocenters. The van der Waals surface area contributed by atoms with Crippen LogP contribution < -0.4 is 9.47 Å². The molecule has 0 aliphatic rings. The van der Waals surface area contributed by atoms with Crippen molar-refractivity contribution in [3.63, 3.8) is 0 Å². The largest absolute Gasteiger partial charge is 0.491 e. The number of rotatable bonds is 16. The minimum Gasteiger partial charge on any atom is -0.491 e. The van der Waals surface area contributed by atoms with Crippen LogP contribution in [0.3, 0.4) is 0 Å². The van der Waals surface area contributed by atoms with Crippen molar-refractivity contribution in [2.75, 3.05) is 40.6 Å². The first-order valence-electron chi connectivity index (χ1n) is 12.7. The minimum absolute atomic E-state index is 0.0849. The standard InChI is InChI=1S/C31H40O8/c1-21(2)29(32)38-19-27(34-7)17-36-25-13-9-23(10-14-25)31(5,6)24-11-15-26(16-12-24)37-18-28(35-8)20-39-30(33)22(3)4/h9-16,27-28H,1,3,17-20H2,2,4-8H3. The van der Waals surface area contributed by atoms with E-state index < -0.39 is 24.1 Å². The smallest absolute Gasteiger partial charge is 0.333 e. The first-order valence-corrected chi connectivity index (χ1v) is 12.7. The third-order valence-electron chi connectivity index (χ3n) is 6.19. The summed E-state index contributed by atoms with van der Waals surface area (Å²) in [5.41, 5.74) is 2.63. The molecule has 0 saturated heterocycles. The zero-order valence-electron chi connectivity index (χ0n) is 23.8. The molecule has 212 valence electrons. The van der Waals surface area contributed by atoms with Gasteiger partial charge in [0.25, 0.3) is 0 Å². The van der Waals surface area contributed by atoms with Crippen molar-refractivity contribution >= 4 is 11.9 Å². The second kappa shape index (κ2) is 15.1. The van der Waals surface area contributed by atoms with Crippen molar-refractivity contribution in [1.82, 2.24) is 0 Å². The third kappa shape index (κ3) is 9.89. The molecular formula is C31H40O8. The third-order valence-corrected chi connectivity index (χ3v) is 6.19. The van der Waals surface area contributed by atoms with Crippen molar-refractivity contribution < 1.29 is 38.0 Å². The Morgan fingerprint density at radius 1 is 0.667 bits per heavy atom. The molecule has 0 aliphatic carbocycles. The lowest BCUT2D eigenvalue weighted by Crippen LogP contribution is -2.27. The number of esters is 2. The molecule has 2 aromatic rings. The summed E-state index contributed by atoms with van der Waals surface area (Å²) in [5, 5.41) is 0. The van der Waals surface area contributed by atoms with E-state index in [1.54, 1.807) is 28.1 Å². The van der Waals surface area contributed by atoms with Crippen molar-refractivity contribution in [2.24, 2.45) is 0 Å². The molecule has 0 saturated carbocycles. The van der Waals surface area contributed by atoms with Crippen LogP contribution >= 0.6 is 0 Å². The van der Waals surface area contributed by atoms with E-state index in [1.807, 2.05) is 48.5 Å². The lowest BCUT2D eigenvalue weighted by Gasteiger charge is -2.27. The highest BCUT2D eigenvalue weighted by molar-refractivity contribution is 5.87. The molecular weight excluding hydrogens is 500 g/mol. The number of hydrogen-bond acceptors (Lipinski definition) is 8. The molecule has 0 heterocycles. The Labute approximate surface area is 231 Å². The Morgan fingerprint density at radius 2 is 1.00 bits per heavy atom. The normalized spacial score (nSPS) is 12.7. The van der Waals surface area contributed by atoms with Gasteiger partial charge in [-0.1, -0.05) is 51.3 Å². The van der Waals surface area contributed by atoms with E-state index in [9.17, 15) is 9.59 Å². The number of carbonyl (C=O) groups excluding carboxylic acids is 2. The second-order valence-corrected chi connectivity index (χ2v) is 9.77. The van der Waals surface area contributed by atoms with Crippen LogP contribution in [0.15, 0.2) is 72.8 Å². The number of ether oxygens (including phenoxy) is 6. The van der Waals surface area contributed by atoms with E-state index in [0.29, 0.717) is 22.6 Å². The summed E-state index contributed by atoms with van der Waals surface area (Å²) in [7, 11) is 3.09. The molecule has 2 aromatic carbocycles. The minimum atomic E-state index is -0.455. The Bertz CT molecular complexity index is 1010.